The lowest BCUT2D eigenvalue weighted by Gasteiger charge is -2.24. The summed E-state index contributed by atoms with van der Waals surface area (Å²) in [6.07, 6.45) is 3.44. The van der Waals surface area contributed by atoms with Crippen LogP contribution in [-0.2, 0) is 11.2 Å². The molecular formula is C14H23N3O. The molecule has 0 fully saturated rings. The number of carbonyl (C=O) groups is 1. The van der Waals surface area contributed by atoms with Crippen LogP contribution in [-0.4, -0.2) is 35.4 Å². The number of rotatable bonds is 6. The van der Waals surface area contributed by atoms with Gasteiger partial charge in [0.05, 0.1) is 6.04 Å². The van der Waals surface area contributed by atoms with Crippen LogP contribution in [0.3, 0.4) is 0 Å². The van der Waals surface area contributed by atoms with Gasteiger partial charge in [0.25, 0.3) is 0 Å². The smallest absolute Gasteiger partial charge is 0.239 e. The van der Waals surface area contributed by atoms with Gasteiger partial charge in [0.1, 0.15) is 0 Å². The predicted octanol–water partition coefficient (Wildman–Crippen LogP) is 1.46. The number of likely N-dealkylation sites (N-methyl/N-ethyl adjacent to an activating group) is 1. The summed E-state index contributed by atoms with van der Waals surface area (Å²) in [6.45, 7) is 4.71. The second kappa shape index (κ2) is 7.11. The molecule has 1 heterocycles. The van der Waals surface area contributed by atoms with Gasteiger partial charge in [0.2, 0.25) is 5.91 Å². The second-order valence-corrected chi connectivity index (χ2v) is 4.74. The molecule has 1 aromatic rings. The quantitative estimate of drug-likeness (QED) is 0.830. The Morgan fingerprint density at radius 3 is 2.78 bits per heavy atom. The van der Waals surface area contributed by atoms with Gasteiger partial charge in [-0.1, -0.05) is 26.3 Å². The van der Waals surface area contributed by atoms with E-state index in [9.17, 15) is 4.79 Å². The van der Waals surface area contributed by atoms with Gasteiger partial charge in [-0.25, -0.2) is 0 Å². The van der Waals surface area contributed by atoms with Gasteiger partial charge in [-0.3, -0.25) is 9.78 Å². The van der Waals surface area contributed by atoms with Gasteiger partial charge in [-0.2, -0.15) is 0 Å². The summed E-state index contributed by atoms with van der Waals surface area (Å²) in [4.78, 5) is 18.0. The van der Waals surface area contributed by atoms with E-state index in [0.29, 0.717) is 6.54 Å². The summed E-state index contributed by atoms with van der Waals surface area (Å²) in [5.74, 6) is 0.232. The summed E-state index contributed by atoms with van der Waals surface area (Å²) in [5.41, 5.74) is 6.93. The third kappa shape index (κ3) is 4.11. The zero-order valence-corrected chi connectivity index (χ0v) is 11.5. The first-order valence-electron chi connectivity index (χ1n) is 6.46. The van der Waals surface area contributed by atoms with Crippen molar-refractivity contribution in [1.29, 1.82) is 0 Å². The predicted molar refractivity (Wildman–Crippen MR) is 73.0 cm³/mol. The van der Waals surface area contributed by atoms with E-state index in [1.807, 2.05) is 32.0 Å². The molecule has 0 aliphatic rings. The molecule has 0 aliphatic heterocycles. The SMILES string of the molecule is CC[C@H](C)[C@H](N)C(=O)N(C)CCc1ccccn1. The average molecular weight is 249 g/mol. The summed E-state index contributed by atoms with van der Waals surface area (Å²) in [7, 11) is 1.80. The largest absolute Gasteiger partial charge is 0.344 e. The minimum absolute atomic E-state index is 0.0141. The van der Waals surface area contributed by atoms with E-state index in [0.717, 1.165) is 18.5 Å². The Hall–Kier alpha value is -1.42. The van der Waals surface area contributed by atoms with Crippen LogP contribution in [0.5, 0.6) is 0 Å². The summed E-state index contributed by atoms with van der Waals surface area (Å²) < 4.78 is 0. The molecule has 0 aromatic carbocycles. The Morgan fingerprint density at radius 2 is 2.22 bits per heavy atom. The zero-order valence-electron chi connectivity index (χ0n) is 11.5. The maximum absolute atomic E-state index is 12.0. The summed E-state index contributed by atoms with van der Waals surface area (Å²) in [5, 5.41) is 0. The van der Waals surface area contributed by atoms with E-state index in [1.54, 1.807) is 18.1 Å². The maximum Gasteiger partial charge on any atom is 0.239 e. The summed E-state index contributed by atoms with van der Waals surface area (Å²) in [6, 6.07) is 5.41. The van der Waals surface area contributed by atoms with Gasteiger partial charge in [-0.15, -0.1) is 0 Å². The fourth-order valence-corrected chi connectivity index (χ4v) is 1.69. The van der Waals surface area contributed by atoms with Crippen LogP contribution >= 0.6 is 0 Å². The number of pyridine rings is 1. The van der Waals surface area contributed by atoms with Crippen molar-refractivity contribution in [2.45, 2.75) is 32.7 Å². The Balaban J connectivity index is 2.45. The number of nitrogens with two attached hydrogens (primary N) is 1. The molecule has 0 unspecified atom stereocenters. The fourth-order valence-electron chi connectivity index (χ4n) is 1.69. The fraction of sp³-hybridized carbons (Fsp3) is 0.571. The first kappa shape index (κ1) is 14.6. The molecule has 4 nitrogen and oxygen atoms in total. The molecule has 1 aromatic heterocycles. The molecule has 100 valence electrons. The van der Waals surface area contributed by atoms with Crippen molar-refractivity contribution >= 4 is 5.91 Å². The molecule has 1 rings (SSSR count). The maximum atomic E-state index is 12.0. The lowest BCUT2D eigenvalue weighted by molar-refractivity contribution is -0.132. The third-order valence-corrected chi connectivity index (χ3v) is 3.35. The second-order valence-electron chi connectivity index (χ2n) is 4.74. The van der Waals surface area contributed by atoms with Crippen molar-refractivity contribution in [3.8, 4) is 0 Å². The third-order valence-electron chi connectivity index (χ3n) is 3.35. The topological polar surface area (TPSA) is 59.2 Å². The van der Waals surface area contributed by atoms with Crippen molar-refractivity contribution in [3.63, 3.8) is 0 Å². The van der Waals surface area contributed by atoms with Gasteiger partial charge < -0.3 is 10.6 Å². The highest BCUT2D eigenvalue weighted by atomic mass is 16.2. The number of hydrogen-bond donors (Lipinski definition) is 1. The van der Waals surface area contributed by atoms with E-state index in [2.05, 4.69) is 4.98 Å². The highest BCUT2D eigenvalue weighted by molar-refractivity contribution is 5.81. The molecule has 0 spiro atoms. The van der Waals surface area contributed by atoms with E-state index in [-0.39, 0.29) is 11.8 Å². The number of nitrogens with zero attached hydrogens (tertiary/aromatic N) is 2. The van der Waals surface area contributed by atoms with Crippen LogP contribution in [0.25, 0.3) is 0 Å². The van der Waals surface area contributed by atoms with Crippen molar-refractivity contribution < 1.29 is 4.79 Å². The lowest BCUT2D eigenvalue weighted by Crippen LogP contribution is -2.46. The number of aromatic nitrogens is 1. The lowest BCUT2D eigenvalue weighted by atomic mass is 9.99. The first-order valence-corrected chi connectivity index (χ1v) is 6.46. The molecule has 0 radical (unpaired) electrons. The highest BCUT2D eigenvalue weighted by Crippen LogP contribution is 2.08. The monoisotopic (exact) mass is 249 g/mol. The Kier molecular flexibility index (Phi) is 5.78. The van der Waals surface area contributed by atoms with Crippen LogP contribution < -0.4 is 5.73 Å². The van der Waals surface area contributed by atoms with Gasteiger partial charge in [0.15, 0.2) is 0 Å². The van der Waals surface area contributed by atoms with E-state index in [1.165, 1.54) is 0 Å². The molecule has 0 saturated heterocycles. The Labute approximate surface area is 109 Å². The molecule has 2 N–H and O–H groups in total. The summed E-state index contributed by atoms with van der Waals surface area (Å²) >= 11 is 0. The van der Waals surface area contributed by atoms with E-state index >= 15 is 0 Å². The number of carbonyl (C=O) groups excluding carboxylic acids is 1. The van der Waals surface area contributed by atoms with Crippen LogP contribution in [0.4, 0.5) is 0 Å². The molecule has 18 heavy (non-hydrogen) atoms. The highest BCUT2D eigenvalue weighted by Gasteiger charge is 2.22. The van der Waals surface area contributed by atoms with Gasteiger partial charge in [0, 0.05) is 31.9 Å². The molecule has 2 atom stereocenters. The van der Waals surface area contributed by atoms with Crippen LogP contribution in [0.1, 0.15) is 26.0 Å². The van der Waals surface area contributed by atoms with Crippen molar-refractivity contribution in [2.75, 3.05) is 13.6 Å². The number of hydrogen-bond acceptors (Lipinski definition) is 3. The van der Waals surface area contributed by atoms with Crippen LogP contribution in [0.2, 0.25) is 0 Å². The van der Waals surface area contributed by atoms with E-state index in [4.69, 9.17) is 5.73 Å². The molecule has 0 saturated carbocycles. The zero-order chi connectivity index (χ0) is 13.5. The Bertz CT molecular complexity index is 367. The molecule has 1 amide bonds. The molecule has 0 aliphatic carbocycles. The van der Waals surface area contributed by atoms with Crippen molar-refractivity contribution in [1.82, 2.24) is 9.88 Å². The molecule has 0 bridgehead atoms. The minimum Gasteiger partial charge on any atom is -0.344 e. The van der Waals surface area contributed by atoms with Gasteiger partial charge in [-0.05, 0) is 18.1 Å². The Morgan fingerprint density at radius 1 is 1.50 bits per heavy atom. The normalized spacial score (nSPS) is 14.0. The van der Waals surface area contributed by atoms with Crippen LogP contribution in [0, 0.1) is 5.92 Å². The van der Waals surface area contributed by atoms with E-state index < -0.39 is 6.04 Å². The average Bonchev–Trinajstić information content (AvgIpc) is 2.43. The standard InChI is InChI=1S/C14H23N3O/c1-4-11(2)13(15)14(18)17(3)10-8-12-7-5-6-9-16-12/h5-7,9,11,13H,4,8,10,15H2,1-3H3/t11-,13-/m0/s1. The van der Waals surface area contributed by atoms with Crippen molar-refractivity contribution in [2.24, 2.45) is 11.7 Å². The molecule has 4 heteroatoms. The van der Waals surface area contributed by atoms with Crippen LogP contribution in [0.15, 0.2) is 24.4 Å². The minimum atomic E-state index is -0.399. The number of amides is 1. The van der Waals surface area contributed by atoms with Gasteiger partial charge >= 0.3 is 0 Å². The van der Waals surface area contributed by atoms with Crippen molar-refractivity contribution in [3.05, 3.63) is 30.1 Å². The molecular weight excluding hydrogens is 226 g/mol. The first-order chi connectivity index (χ1) is 8.56.